The Morgan fingerprint density at radius 1 is 1.04 bits per heavy atom. The number of hydrogen-bond donors (Lipinski definition) is 0. The highest BCUT2D eigenvalue weighted by Crippen LogP contribution is 2.40. The molecule has 0 saturated carbocycles. The highest BCUT2D eigenvalue weighted by atomic mass is 35.5. The fraction of sp³-hybridized carbons (Fsp3) is 0.316. The molecule has 0 bridgehead atoms. The summed E-state index contributed by atoms with van der Waals surface area (Å²) in [7, 11) is 0. The second-order valence-corrected chi connectivity index (χ2v) is 6.59. The van der Waals surface area contributed by atoms with Crippen LogP contribution in [0.15, 0.2) is 41.4 Å². The van der Waals surface area contributed by atoms with Gasteiger partial charge in [0, 0.05) is 0 Å². The van der Waals surface area contributed by atoms with Crippen LogP contribution in [0.2, 0.25) is 5.02 Å². The first-order valence-corrected chi connectivity index (χ1v) is 8.40. The first-order chi connectivity index (χ1) is 10.9. The molecule has 0 radical (unpaired) electrons. The third-order valence-electron chi connectivity index (χ3n) is 3.61. The summed E-state index contributed by atoms with van der Waals surface area (Å²) in [5, 5.41) is 3.09. The molecule has 2 nitrogen and oxygen atoms in total. The number of isothiocyanates is 1. The van der Waals surface area contributed by atoms with E-state index >= 15 is 0 Å². The summed E-state index contributed by atoms with van der Waals surface area (Å²) in [5.41, 5.74) is 3.09. The van der Waals surface area contributed by atoms with Crippen LogP contribution in [0.1, 0.15) is 50.7 Å². The van der Waals surface area contributed by atoms with Gasteiger partial charge in [0.2, 0.25) is 0 Å². The van der Waals surface area contributed by atoms with Gasteiger partial charge in [0.1, 0.15) is 11.5 Å². The molecule has 0 spiro atoms. The molecular formula is C19H20ClNOS. The number of halogens is 1. The van der Waals surface area contributed by atoms with Gasteiger partial charge in [0.05, 0.1) is 15.9 Å². The van der Waals surface area contributed by atoms with Gasteiger partial charge in [-0.15, -0.1) is 0 Å². The minimum absolute atomic E-state index is 0.296. The van der Waals surface area contributed by atoms with Crippen molar-refractivity contribution >= 4 is 34.7 Å². The summed E-state index contributed by atoms with van der Waals surface area (Å²) >= 11 is 11.0. The van der Waals surface area contributed by atoms with Gasteiger partial charge in [-0.2, -0.15) is 4.99 Å². The maximum Gasteiger partial charge on any atom is 0.146 e. The Balaban J connectivity index is 2.57. The molecule has 120 valence electrons. The van der Waals surface area contributed by atoms with Gasteiger partial charge in [-0.1, -0.05) is 51.4 Å². The lowest BCUT2D eigenvalue weighted by atomic mass is 9.92. The number of benzene rings is 2. The van der Waals surface area contributed by atoms with Gasteiger partial charge in [0.25, 0.3) is 0 Å². The summed E-state index contributed by atoms with van der Waals surface area (Å²) in [6.45, 7) is 8.50. The first kappa shape index (κ1) is 17.7. The van der Waals surface area contributed by atoms with Gasteiger partial charge in [-0.25, -0.2) is 0 Å². The van der Waals surface area contributed by atoms with Crippen molar-refractivity contribution in [2.45, 2.75) is 39.5 Å². The molecule has 4 heteroatoms. The van der Waals surface area contributed by atoms with Crippen LogP contribution in [0.5, 0.6) is 11.5 Å². The van der Waals surface area contributed by atoms with Crippen LogP contribution in [-0.4, -0.2) is 5.16 Å². The lowest BCUT2D eigenvalue weighted by Gasteiger charge is -2.18. The van der Waals surface area contributed by atoms with Crippen LogP contribution in [0.3, 0.4) is 0 Å². The Morgan fingerprint density at radius 3 is 2.09 bits per heavy atom. The zero-order valence-electron chi connectivity index (χ0n) is 13.8. The number of thiocarbonyl (C=S) groups is 1. The number of nitrogens with zero attached hydrogens (tertiary/aromatic N) is 1. The van der Waals surface area contributed by atoms with E-state index in [1.54, 1.807) is 0 Å². The second kappa shape index (κ2) is 7.74. The average molecular weight is 346 g/mol. The van der Waals surface area contributed by atoms with E-state index in [9.17, 15) is 0 Å². The number of rotatable bonds is 5. The van der Waals surface area contributed by atoms with E-state index < -0.39 is 0 Å². The van der Waals surface area contributed by atoms with E-state index in [0.717, 1.165) is 22.6 Å². The fourth-order valence-electron chi connectivity index (χ4n) is 2.42. The second-order valence-electron chi connectivity index (χ2n) is 6.00. The third-order valence-corrected chi connectivity index (χ3v) is 4.01. The molecule has 2 aromatic carbocycles. The SMILES string of the molecule is CC(C)c1cc(Oc2ccccc2Cl)cc(C(C)C)c1N=C=S. The Labute approximate surface area is 148 Å². The molecule has 0 unspecified atom stereocenters. The quantitative estimate of drug-likeness (QED) is 0.425. The molecule has 0 aliphatic heterocycles. The summed E-state index contributed by atoms with van der Waals surface area (Å²) < 4.78 is 6.00. The zero-order chi connectivity index (χ0) is 17.0. The average Bonchev–Trinajstić information content (AvgIpc) is 2.50. The third kappa shape index (κ3) is 4.20. The molecule has 0 aliphatic rings. The minimum atomic E-state index is 0.296. The van der Waals surface area contributed by atoms with E-state index in [1.165, 1.54) is 0 Å². The summed E-state index contributed by atoms with van der Waals surface area (Å²) in [6, 6.07) is 11.5. The number of aliphatic imine (C=N–C) groups is 1. The summed E-state index contributed by atoms with van der Waals surface area (Å²) in [5.74, 6) is 1.99. The smallest absolute Gasteiger partial charge is 0.146 e. The maximum absolute atomic E-state index is 6.19. The van der Waals surface area contributed by atoms with Crippen LogP contribution < -0.4 is 4.74 Å². The molecule has 2 rings (SSSR count). The van der Waals surface area contributed by atoms with Crippen LogP contribution >= 0.6 is 23.8 Å². The number of hydrogen-bond acceptors (Lipinski definition) is 3. The Morgan fingerprint density at radius 2 is 1.61 bits per heavy atom. The van der Waals surface area contributed by atoms with Crippen molar-refractivity contribution in [3.63, 3.8) is 0 Å². The number of para-hydroxylation sites is 1. The fourth-order valence-corrected chi connectivity index (χ4v) is 2.69. The van der Waals surface area contributed by atoms with Crippen LogP contribution in [0, 0.1) is 0 Å². The highest BCUT2D eigenvalue weighted by molar-refractivity contribution is 7.78. The van der Waals surface area contributed by atoms with Crippen molar-refractivity contribution in [2.24, 2.45) is 4.99 Å². The van der Waals surface area contributed by atoms with Crippen LogP contribution in [0.4, 0.5) is 5.69 Å². The lowest BCUT2D eigenvalue weighted by Crippen LogP contribution is -1.98. The van der Waals surface area contributed by atoms with Crippen molar-refractivity contribution < 1.29 is 4.74 Å². The molecule has 0 N–H and O–H groups in total. The molecule has 0 fully saturated rings. The van der Waals surface area contributed by atoms with Gasteiger partial charge in [-0.3, -0.25) is 0 Å². The van der Waals surface area contributed by atoms with Crippen molar-refractivity contribution in [3.8, 4) is 11.5 Å². The summed E-state index contributed by atoms with van der Waals surface area (Å²) in [6.07, 6.45) is 0. The predicted octanol–water partition coefficient (Wildman–Crippen LogP) is 7.11. The Hall–Kier alpha value is -1.67. The van der Waals surface area contributed by atoms with Crippen molar-refractivity contribution in [1.82, 2.24) is 0 Å². The van der Waals surface area contributed by atoms with Crippen molar-refractivity contribution in [1.29, 1.82) is 0 Å². The molecule has 23 heavy (non-hydrogen) atoms. The van der Waals surface area contributed by atoms with Gasteiger partial charge < -0.3 is 4.74 Å². The van der Waals surface area contributed by atoms with Crippen molar-refractivity contribution in [2.75, 3.05) is 0 Å². The largest absolute Gasteiger partial charge is 0.456 e. The zero-order valence-corrected chi connectivity index (χ0v) is 15.3. The van der Waals surface area contributed by atoms with E-state index in [0.29, 0.717) is 22.6 Å². The highest BCUT2D eigenvalue weighted by Gasteiger charge is 2.17. The van der Waals surface area contributed by atoms with Crippen LogP contribution in [0.25, 0.3) is 0 Å². The van der Waals surface area contributed by atoms with Crippen LogP contribution in [-0.2, 0) is 0 Å². The minimum Gasteiger partial charge on any atom is -0.456 e. The van der Waals surface area contributed by atoms with Gasteiger partial charge >= 0.3 is 0 Å². The molecular weight excluding hydrogens is 326 g/mol. The van der Waals surface area contributed by atoms with E-state index in [4.69, 9.17) is 28.6 Å². The molecule has 0 aliphatic carbocycles. The van der Waals surface area contributed by atoms with Gasteiger partial charge in [-0.05, 0) is 59.4 Å². The maximum atomic E-state index is 6.19. The molecule has 2 aromatic rings. The normalized spacial score (nSPS) is 10.7. The lowest BCUT2D eigenvalue weighted by molar-refractivity contribution is 0.480. The molecule has 0 aromatic heterocycles. The van der Waals surface area contributed by atoms with E-state index in [2.05, 4.69) is 37.8 Å². The molecule has 0 amide bonds. The standard InChI is InChI=1S/C19H20ClNOS/c1-12(2)15-9-14(22-18-8-6-5-7-17(18)20)10-16(13(3)4)19(15)21-11-23/h5-10,12-13H,1-4H3. The summed E-state index contributed by atoms with van der Waals surface area (Å²) in [4.78, 5) is 4.30. The molecule has 0 heterocycles. The number of ether oxygens (including phenoxy) is 1. The van der Waals surface area contributed by atoms with Crippen molar-refractivity contribution in [3.05, 3.63) is 52.5 Å². The topological polar surface area (TPSA) is 21.6 Å². The van der Waals surface area contributed by atoms with E-state index in [1.807, 2.05) is 36.4 Å². The molecule has 0 atom stereocenters. The Kier molecular flexibility index (Phi) is 5.95. The monoisotopic (exact) mass is 345 g/mol. The molecule has 0 saturated heterocycles. The Bertz CT molecular complexity index is 720. The van der Waals surface area contributed by atoms with Gasteiger partial charge in [0.15, 0.2) is 0 Å². The van der Waals surface area contributed by atoms with E-state index in [-0.39, 0.29) is 0 Å². The first-order valence-electron chi connectivity index (χ1n) is 7.62. The predicted molar refractivity (Wildman–Crippen MR) is 101 cm³/mol.